The summed E-state index contributed by atoms with van der Waals surface area (Å²) in [5.74, 6) is -0.644. The van der Waals surface area contributed by atoms with Crippen molar-refractivity contribution in [1.82, 2.24) is 4.57 Å². The van der Waals surface area contributed by atoms with Crippen LogP contribution < -0.4 is 10.4 Å². The maximum Gasteiger partial charge on any atom is 0.349 e. The summed E-state index contributed by atoms with van der Waals surface area (Å²) in [6.45, 7) is 5.41. The molecule has 154 valence electrons. The fourth-order valence-electron chi connectivity index (χ4n) is 3.27. The van der Waals surface area contributed by atoms with Crippen LogP contribution in [0.1, 0.15) is 22.8 Å². The highest BCUT2D eigenvalue weighted by Gasteiger charge is 2.16. The third-order valence-corrected chi connectivity index (χ3v) is 6.22. The number of hydrogen-bond acceptors (Lipinski definition) is 5. The largest absolute Gasteiger partial charge is 0.422 e. The normalized spacial score (nSPS) is 12.2. The molecule has 30 heavy (non-hydrogen) atoms. The number of ether oxygens (including phenoxy) is 1. The summed E-state index contributed by atoms with van der Waals surface area (Å²) in [5.41, 5.74) is 1.43. The molecule has 4 aromatic rings. The number of aromatic nitrogens is 1. The first-order valence-electron chi connectivity index (χ1n) is 9.47. The highest BCUT2D eigenvalue weighted by atomic mass is 35.5. The Morgan fingerprint density at radius 1 is 1.27 bits per heavy atom. The Morgan fingerprint density at radius 3 is 2.87 bits per heavy atom. The van der Waals surface area contributed by atoms with Crippen molar-refractivity contribution in [3.8, 4) is 0 Å². The van der Waals surface area contributed by atoms with Crippen molar-refractivity contribution in [2.24, 2.45) is 4.99 Å². The number of nitrogens with zero attached hydrogens (tertiary/aromatic N) is 2. The molecule has 0 unspecified atom stereocenters. The Balaban J connectivity index is 1.86. The van der Waals surface area contributed by atoms with E-state index < -0.39 is 11.5 Å². The number of halogens is 1. The molecule has 0 N–H and O–H groups in total. The minimum atomic E-state index is -0.705. The van der Waals surface area contributed by atoms with Crippen LogP contribution >= 0.6 is 22.9 Å². The van der Waals surface area contributed by atoms with E-state index in [0.717, 1.165) is 15.8 Å². The van der Waals surface area contributed by atoms with Gasteiger partial charge in [0.25, 0.3) is 5.91 Å². The zero-order chi connectivity index (χ0) is 21.3. The average Bonchev–Trinajstić information content (AvgIpc) is 3.08. The molecule has 0 bridgehead atoms. The predicted octanol–water partition coefficient (Wildman–Crippen LogP) is 4.55. The van der Waals surface area contributed by atoms with Crippen molar-refractivity contribution in [1.29, 1.82) is 0 Å². The standard InChI is InChI=1S/C22H19ClN2O4S/c1-3-28-11-10-25-19-13(2)16(23)8-9-18(19)30-22(25)24-20(26)15-12-14-6-4-5-7-17(14)29-21(15)27/h4-9,12H,3,10-11H2,1-2H3. The van der Waals surface area contributed by atoms with Crippen LogP contribution in [-0.2, 0) is 11.3 Å². The number of thiazole rings is 1. The molecule has 0 spiro atoms. The molecule has 0 saturated heterocycles. The van der Waals surface area contributed by atoms with Crippen LogP contribution in [0.4, 0.5) is 0 Å². The summed E-state index contributed by atoms with van der Waals surface area (Å²) < 4.78 is 13.6. The van der Waals surface area contributed by atoms with Gasteiger partial charge in [0.1, 0.15) is 11.1 Å². The molecule has 2 aromatic carbocycles. The topological polar surface area (TPSA) is 73.8 Å². The van der Waals surface area contributed by atoms with E-state index in [1.165, 1.54) is 17.4 Å². The van der Waals surface area contributed by atoms with Gasteiger partial charge in [-0.05, 0) is 43.7 Å². The van der Waals surface area contributed by atoms with Crippen molar-refractivity contribution >= 4 is 50.0 Å². The predicted molar refractivity (Wildman–Crippen MR) is 118 cm³/mol. The number of aryl methyl sites for hydroxylation is 1. The smallest absolute Gasteiger partial charge is 0.349 e. The van der Waals surface area contributed by atoms with Crippen molar-refractivity contribution in [2.75, 3.05) is 13.2 Å². The van der Waals surface area contributed by atoms with Gasteiger partial charge in [-0.25, -0.2) is 4.79 Å². The monoisotopic (exact) mass is 442 g/mol. The van der Waals surface area contributed by atoms with Crippen LogP contribution in [0.3, 0.4) is 0 Å². The van der Waals surface area contributed by atoms with E-state index in [-0.39, 0.29) is 5.56 Å². The molecular formula is C22H19ClN2O4S. The number of fused-ring (bicyclic) bond motifs is 2. The lowest BCUT2D eigenvalue weighted by Crippen LogP contribution is -2.21. The van der Waals surface area contributed by atoms with Crippen molar-refractivity contribution in [2.45, 2.75) is 20.4 Å². The van der Waals surface area contributed by atoms with Gasteiger partial charge in [0, 0.05) is 23.6 Å². The lowest BCUT2D eigenvalue weighted by Gasteiger charge is -2.08. The Hall–Kier alpha value is -2.74. The third-order valence-electron chi connectivity index (χ3n) is 4.76. The zero-order valence-corrected chi connectivity index (χ0v) is 18.0. The first-order chi connectivity index (χ1) is 14.5. The van der Waals surface area contributed by atoms with Crippen molar-refractivity contribution < 1.29 is 13.9 Å². The van der Waals surface area contributed by atoms with Gasteiger partial charge in [-0.3, -0.25) is 4.79 Å². The van der Waals surface area contributed by atoms with E-state index in [1.54, 1.807) is 18.2 Å². The lowest BCUT2D eigenvalue weighted by atomic mass is 10.2. The second-order valence-corrected chi connectivity index (χ2v) is 8.07. The van der Waals surface area contributed by atoms with E-state index >= 15 is 0 Å². The average molecular weight is 443 g/mol. The molecular weight excluding hydrogens is 424 g/mol. The lowest BCUT2D eigenvalue weighted by molar-refractivity contribution is 0.0993. The first-order valence-corrected chi connectivity index (χ1v) is 10.7. The Labute approximate surface area is 181 Å². The number of benzene rings is 2. The molecule has 4 rings (SSSR count). The molecule has 0 aliphatic rings. The maximum absolute atomic E-state index is 12.9. The molecule has 2 aromatic heterocycles. The van der Waals surface area contributed by atoms with E-state index in [0.29, 0.717) is 40.6 Å². The minimum Gasteiger partial charge on any atom is -0.422 e. The second-order valence-electron chi connectivity index (χ2n) is 6.65. The molecule has 0 aliphatic carbocycles. The molecule has 0 aliphatic heterocycles. The second kappa shape index (κ2) is 8.55. The van der Waals surface area contributed by atoms with Gasteiger partial charge >= 0.3 is 5.63 Å². The van der Waals surface area contributed by atoms with Crippen LogP contribution in [0.2, 0.25) is 5.02 Å². The van der Waals surface area contributed by atoms with E-state index in [1.807, 2.05) is 36.6 Å². The van der Waals surface area contributed by atoms with Crippen LogP contribution in [0.25, 0.3) is 21.2 Å². The van der Waals surface area contributed by atoms with Crippen LogP contribution in [0.15, 0.2) is 56.7 Å². The van der Waals surface area contributed by atoms with Crippen LogP contribution in [0, 0.1) is 6.92 Å². The van der Waals surface area contributed by atoms with Crippen LogP contribution in [0.5, 0.6) is 0 Å². The number of hydrogen-bond donors (Lipinski definition) is 0. The minimum absolute atomic E-state index is 0.0998. The molecule has 8 heteroatoms. The van der Waals surface area contributed by atoms with Gasteiger partial charge < -0.3 is 13.7 Å². The quantitative estimate of drug-likeness (QED) is 0.335. The number of amides is 1. The molecule has 6 nitrogen and oxygen atoms in total. The molecule has 0 radical (unpaired) electrons. The summed E-state index contributed by atoms with van der Waals surface area (Å²) in [5, 5.41) is 1.30. The number of carbonyl (C=O) groups is 1. The fourth-order valence-corrected chi connectivity index (χ4v) is 4.53. The van der Waals surface area contributed by atoms with Crippen molar-refractivity contribution in [3.63, 3.8) is 0 Å². The van der Waals surface area contributed by atoms with Gasteiger partial charge in [0.2, 0.25) is 0 Å². The van der Waals surface area contributed by atoms with Gasteiger partial charge in [-0.2, -0.15) is 4.99 Å². The molecule has 1 amide bonds. The van der Waals surface area contributed by atoms with Crippen LogP contribution in [-0.4, -0.2) is 23.7 Å². The maximum atomic E-state index is 12.9. The van der Waals surface area contributed by atoms with E-state index in [2.05, 4.69) is 4.99 Å². The summed E-state index contributed by atoms with van der Waals surface area (Å²) in [6, 6.07) is 12.3. The van der Waals surface area contributed by atoms with Gasteiger partial charge in [-0.1, -0.05) is 41.1 Å². The van der Waals surface area contributed by atoms with Crippen molar-refractivity contribution in [3.05, 3.63) is 73.8 Å². The third kappa shape index (κ3) is 3.84. The summed E-state index contributed by atoms with van der Waals surface area (Å²) >= 11 is 7.68. The SMILES string of the molecule is CCOCCn1c(=NC(=O)c2cc3ccccc3oc2=O)sc2ccc(Cl)c(C)c21. The van der Waals surface area contributed by atoms with Gasteiger partial charge in [0.15, 0.2) is 4.80 Å². The van der Waals surface area contributed by atoms with E-state index in [9.17, 15) is 9.59 Å². The van der Waals surface area contributed by atoms with Gasteiger partial charge in [-0.15, -0.1) is 0 Å². The Bertz CT molecular complexity index is 1380. The fraction of sp³-hybridized carbons (Fsp3) is 0.227. The zero-order valence-electron chi connectivity index (χ0n) is 16.5. The molecule has 0 atom stereocenters. The Kier molecular flexibility index (Phi) is 5.85. The molecule has 0 fully saturated rings. The summed E-state index contributed by atoms with van der Waals surface area (Å²) in [4.78, 5) is 30.0. The summed E-state index contributed by atoms with van der Waals surface area (Å²) in [7, 11) is 0. The Morgan fingerprint density at radius 2 is 2.07 bits per heavy atom. The number of carbonyl (C=O) groups excluding carboxylic acids is 1. The number of para-hydroxylation sites is 1. The van der Waals surface area contributed by atoms with E-state index in [4.69, 9.17) is 20.8 Å². The van der Waals surface area contributed by atoms with Gasteiger partial charge in [0.05, 0.1) is 16.8 Å². The number of rotatable bonds is 5. The molecule has 2 heterocycles. The highest BCUT2D eigenvalue weighted by Crippen LogP contribution is 2.27. The first kappa shape index (κ1) is 20.5. The molecule has 0 saturated carbocycles. The summed E-state index contributed by atoms with van der Waals surface area (Å²) in [6.07, 6.45) is 0. The highest BCUT2D eigenvalue weighted by molar-refractivity contribution is 7.16.